The Morgan fingerprint density at radius 1 is 1.73 bits per heavy atom. The average molecular weight is 155 g/mol. The first-order valence-corrected chi connectivity index (χ1v) is 3.24. The first-order valence-electron chi connectivity index (χ1n) is 3.24. The Kier molecular flexibility index (Phi) is 4.85. The van der Waals surface area contributed by atoms with Gasteiger partial charge in [0.25, 0.3) is 5.91 Å². The number of carbonyl (C=O) groups is 1. The topological polar surface area (TPSA) is 67.2 Å². The molecule has 0 bridgehead atoms. The van der Waals surface area contributed by atoms with Crippen LogP contribution in [0.15, 0.2) is 24.4 Å². The highest BCUT2D eigenvalue weighted by Gasteiger charge is 1.94. The van der Waals surface area contributed by atoms with Crippen molar-refractivity contribution in [1.29, 1.82) is 0 Å². The zero-order valence-electron chi connectivity index (χ0n) is 6.55. The van der Waals surface area contributed by atoms with Crippen molar-refractivity contribution < 1.29 is 4.79 Å². The van der Waals surface area contributed by atoms with Crippen molar-refractivity contribution in [2.75, 3.05) is 7.05 Å². The molecule has 0 heterocycles. The summed E-state index contributed by atoms with van der Waals surface area (Å²) in [5.74, 6) is 4.55. The fraction of sp³-hybridized carbons (Fsp3) is 0.286. The van der Waals surface area contributed by atoms with Crippen LogP contribution in [0, 0.1) is 0 Å². The number of nitrogens with one attached hydrogen (secondary N) is 2. The summed E-state index contributed by atoms with van der Waals surface area (Å²) in [6.45, 7) is 3.54. The van der Waals surface area contributed by atoms with Crippen LogP contribution in [-0.2, 0) is 4.79 Å². The molecule has 0 unspecified atom stereocenters. The van der Waals surface area contributed by atoms with E-state index in [0.717, 1.165) is 5.70 Å². The molecule has 0 atom stereocenters. The quantitative estimate of drug-likeness (QED) is 0.171. The molecular formula is C7H13N3O. The fourth-order valence-corrected chi connectivity index (χ4v) is 0.589. The van der Waals surface area contributed by atoms with Gasteiger partial charge in [-0.05, 0) is 0 Å². The van der Waals surface area contributed by atoms with E-state index in [-0.39, 0.29) is 5.91 Å². The van der Waals surface area contributed by atoms with Crippen LogP contribution in [0.3, 0.4) is 0 Å². The molecule has 0 fully saturated rings. The van der Waals surface area contributed by atoms with Gasteiger partial charge >= 0.3 is 0 Å². The third-order valence-electron chi connectivity index (χ3n) is 1.13. The van der Waals surface area contributed by atoms with Crippen molar-refractivity contribution in [2.45, 2.75) is 6.42 Å². The highest BCUT2D eigenvalue weighted by molar-refractivity contribution is 5.87. The van der Waals surface area contributed by atoms with E-state index in [1.165, 1.54) is 6.08 Å². The number of hydrogen-bond acceptors (Lipinski definition) is 3. The maximum Gasteiger partial charge on any atom is 0.259 e. The van der Waals surface area contributed by atoms with Gasteiger partial charge in [-0.2, -0.15) is 0 Å². The summed E-state index contributed by atoms with van der Waals surface area (Å²) < 4.78 is 0. The molecule has 62 valence electrons. The van der Waals surface area contributed by atoms with Crippen LogP contribution in [-0.4, -0.2) is 13.0 Å². The standard InChI is InChI=1S/C7H13N3O/c1-3-4-6(9-2)5-7(11)10-8/h3,5,9H,1,4,8H2,2H3,(H,10,11)/b6-5-. The summed E-state index contributed by atoms with van der Waals surface area (Å²) in [7, 11) is 1.74. The summed E-state index contributed by atoms with van der Waals surface area (Å²) >= 11 is 0. The minimum Gasteiger partial charge on any atom is -0.391 e. The van der Waals surface area contributed by atoms with E-state index in [4.69, 9.17) is 5.84 Å². The molecule has 0 aromatic carbocycles. The van der Waals surface area contributed by atoms with Crippen LogP contribution in [0.1, 0.15) is 6.42 Å². The molecule has 0 aliphatic carbocycles. The summed E-state index contributed by atoms with van der Waals surface area (Å²) in [5.41, 5.74) is 2.78. The second kappa shape index (κ2) is 5.49. The van der Waals surface area contributed by atoms with Crippen LogP contribution < -0.4 is 16.6 Å². The molecule has 0 aliphatic rings. The molecule has 1 amide bonds. The van der Waals surface area contributed by atoms with Crippen molar-refractivity contribution >= 4 is 5.91 Å². The summed E-state index contributed by atoms with van der Waals surface area (Å²) in [4.78, 5) is 10.7. The molecule has 0 saturated carbocycles. The Balaban J connectivity index is 4.09. The van der Waals surface area contributed by atoms with Crippen LogP contribution in [0.4, 0.5) is 0 Å². The van der Waals surface area contributed by atoms with E-state index >= 15 is 0 Å². The largest absolute Gasteiger partial charge is 0.391 e. The van der Waals surface area contributed by atoms with Gasteiger partial charge in [-0.15, -0.1) is 6.58 Å². The van der Waals surface area contributed by atoms with Crippen LogP contribution in [0.2, 0.25) is 0 Å². The van der Waals surface area contributed by atoms with Crippen molar-refractivity contribution in [2.24, 2.45) is 5.84 Å². The highest BCUT2D eigenvalue weighted by Crippen LogP contribution is 1.94. The Bertz CT molecular complexity index is 175. The van der Waals surface area contributed by atoms with Crippen molar-refractivity contribution in [3.05, 3.63) is 24.4 Å². The third kappa shape index (κ3) is 4.16. The SMILES string of the molecule is C=CC/C(=C/C(=O)NN)NC. The van der Waals surface area contributed by atoms with Crippen molar-refractivity contribution in [3.8, 4) is 0 Å². The van der Waals surface area contributed by atoms with E-state index in [1.54, 1.807) is 13.1 Å². The maximum absolute atomic E-state index is 10.7. The third-order valence-corrected chi connectivity index (χ3v) is 1.13. The number of hydrazine groups is 1. The average Bonchev–Trinajstić information content (AvgIpc) is 2.03. The van der Waals surface area contributed by atoms with Gasteiger partial charge in [0, 0.05) is 25.2 Å². The molecular weight excluding hydrogens is 142 g/mol. The fourth-order valence-electron chi connectivity index (χ4n) is 0.589. The molecule has 4 N–H and O–H groups in total. The molecule has 0 aromatic rings. The number of hydrogen-bond donors (Lipinski definition) is 3. The molecule has 0 spiro atoms. The van der Waals surface area contributed by atoms with E-state index in [9.17, 15) is 4.79 Å². The normalized spacial score (nSPS) is 10.5. The lowest BCUT2D eigenvalue weighted by atomic mass is 10.3. The number of rotatable bonds is 4. The zero-order chi connectivity index (χ0) is 8.69. The van der Waals surface area contributed by atoms with Gasteiger partial charge in [-0.1, -0.05) is 6.08 Å². The second-order valence-corrected chi connectivity index (χ2v) is 1.92. The Labute approximate surface area is 66.1 Å². The Hall–Kier alpha value is -1.29. The number of carbonyl (C=O) groups excluding carboxylic acids is 1. The van der Waals surface area contributed by atoms with Gasteiger partial charge in [-0.3, -0.25) is 10.2 Å². The highest BCUT2D eigenvalue weighted by atomic mass is 16.2. The Morgan fingerprint density at radius 3 is 2.73 bits per heavy atom. The van der Waals surface area contributed by atoms with Gasteiger partial charge in [0.15, 0.2) is 0 Å². The van der Waals surface area contributed by atoms with Crippen LogP contribution >= 0.6 is 0 Å². The smallest absolute Gasteiger partial charge is 0.259 e. The first-order chi connectivity index (χ1) is 5.24. The number of nitrogens with two attached hydrogens (primary N) is 1. The lowest BCUT2D eigenvalue weighted by molar-refractivity contribution is -0.116. The molecule has 4 nitrogen and oxygen atoms in total. The van der Waals surface area contributed by atoms with Gasteiger partial charge in [0.05, 0.1) is 0 Å². The van der Waals surface area contributed by atoms with E-state index in [2.05, 4.69) is 11.9 Å². The van der Waals surface area contributed by atoms with Crippen molar-refractivity contribution in [3.63, 3.8) is 0 Å². The Morgan fingerprint density at radius 2 is 2.36 bits per heavy atom. The monoisotopic (exact) mass is 155 g/mol. The summed E-state index contributed by atoms with van der Waals surface area (Å²) in [5, 5.41) is 2.84. The molecule has 0 radical (unpaired) electrons. The van der Waals surface area contributed by atoms with E-state index < -0.39 is 0 Å². The number of allylic oxidation sites excluding steroid dienone is 1. The van der Waals surface area contributed by atoms with Crippen LogP contribution in [0.25, 0.3) is 0 Å². The molecule has 0 rings (SSSR count). The van der Waals surface area contributed by atoms with E-state index in [1.807, 2.05) is 5.43 Å². The molecule has 0 saturated heterocycles. The van der Waals surface area contributed by atoms with Gasteiger partial charge < -0.3 is 5.32 Å². The first kappa shape index (κ1) is 9.71. The molecule has 0 aromatic heterocycles. The van der Waals surface area contributed by atoms with Gasteiger partial charge in [-0.25, -0.2) is 5.84 Å². The summed E-state index contributed by atoms with van der Waals surface area (Å²) in [6, 6.07) is 0. The maximum atomic E-state index is 10.7. The number of amides is 1. The van der Waals surface area contributed by atoms with E-state index in [0.29, 0.717) is 6.42 Å². The lowest BCUT2D eigenvalue weighted by Crippen LogP contribution is -2.29. The lowest BCUT2D eigenvalue weighted by Gasteiger charge is -2.01. The molecule has 4 heteroatoms. The minimum atomic E-state index is -0.323. The molecule has 0 aliphatic heterocycles. The second-order valence-electron chi connectivity index (χ2n) is 1.92. The van der Waals surface area contributed by atoms with Crippen molar-refractivity contribution in [1.82, 2.24) is 10.7 Å². The predicted octanol–water partition coefficient (Wildman–Crippen LogP) is -0.344. The van der Waals surface area contributed by atoms with Crippen LogP contribution in [0.5, 0.6) is 0 Å². The van der Waals surface area contributed by atoms with Gasteiger partial charge in [0.1, 0.15) is 0 Å². The minimum absolute atomic E-state index is 0.323. The predicted molar refractivity (Wildman–Crippen MR) is 44.3 cm³/mol. The summed E-state index contributed by atoms with van der Waals surface area (Å²) in [6.07, 6.45) is 3.72. The zero-order valence-corrected chi connectivity index (χ0v) is 6.55. The van der Waals surface area contributed by atoms with Gasteiger partial charge in [0.2, 0.25) is 0 Å². The molecule has 11 heavy (non-hydrogen) atoms.